The van der Waals surface area contributed by atoms with Crippen molar-refractivity contribution in [1.29, 1.82) is 0 Å². The number of carbonyl (C=O) groups is 1. The molecule has 3 aromatic rings. The summed E-state index contributed by atoms with van der Waals surface area (Å²) in [5.74, 6) is 0.988. The number of hydrogen-bond acceptors (Lipinski definition) is 4. The van der Waals surface area contributed by atoms with Gasteiger partial charge in [0.25, 0.3) is 0 Å². The minimum absolute atomic E-state index is 0.157. The molecular weight excluding hydrogens is 519 g/mol. The topological polar surface area (TPSA) is 64.2 Å². The summed E-state index contributed by atoms with van der Waals surface area (Å²) >= 11 is 1.04. The zero-order valence-electron chi connectivity index (χ0n) is 23.4. The molecule has 1 amide bonds. The van der Waals surface area contributed by atoms with Gasteiger partial charge in [-0.3, -0.25) is 9.93 Å². The van der Waals surface area contributed by atoms with Crippen LogP contribution in [0.15, 0.2) is 107 Å². The third-order valence-corrected chi connectivity index (χ3v) is 8.02. The van der Waals surface area contributed by atoms with Crippen molar-refractivity contribution in [1.82, 2.24) is 14.5 Å². The maximum Gasteiger partial charge on any atom is 0.227 e. The van der Waals surface area contributed by atoms with Crippen LogP contribution in [0, 0.1) is 5.82 Å². The van der Waals surface area contributed by atoms with Crippen molar-refractivity contribution in [2.24, 2.45) is 12.2 Å². The fourth-order valence-corrected chi connectivity index (χ4v) is 5.43. The zero-order valence-corrected chi connectivity index (χ0v) is 24.2. The summed E-state index contributed by atoms with van der Waals surface area (Å²) in [5.41, 5.74) is 5.20. The average Bonchev–Trinajstić information content (AvgIpc) is 3.13. The highest BCUT2D eigenvalue weighted by molar-refractivity contribution is 7.97. The van der Waals surface area contributed by atoms with Gasteiger partial charge in [0, 0.05) is 42.9 Å². The molecule has 2 aliphatic rings. The number of allylic oxidation sites excluding steroid dienone is 5. The molecule has 5 nitrogen and oxygen atoms in total. The highest BCUT2D eigenvalue weighted by Crippen LogP contribution is 2.32. The first-order valence-corrected chi connectivity index (χ1v) is 14.9. The van der Waals surface area contributed by atoms with Crippen molar-refractivity contribution in [2.45, 2.75) is 69.2 Å². The maximum atomic E-state index is 13.6. The lowest BCUT2D eigenvalue weighted by atomic mass is 9.97. The van der Waals surface area contributed by atoms with E-state index in [9.17, 15) is 9.18 Å². The third-order valence-electron chi connectivity index (χ3n) is 7.49. The van der Waals surface area contributed by atoms with Crippen molar-refractivity contribution in [3.8, 4) is 0 Å². The van der Waals surface area contributed by atoms with Crippen LogP contribution in [0.2, 0.25) is 0 Å². The molecule has 0 spiro atoms. The molecule has 2 aliphatic carbocycles. The van der Waals surface area contributed by atoms with Crippen molar-refractivity contribution in [3.63, 3.8) is 0 Å². The quantitative estimate of drug-likeness (QED) is 0.300. The van der Waals surface area contributed by atoms with E-state index in [4.69, 9.17) is 5.14 Å². The lowest BCUT2D eigenvalue weighted by Gasteiger charge is -2.26. The van der Waals surface area contributed by atoms with E-state index >= 15 is 0 Å². The molecule has 1 saturated carbocycles. The Hall–Kier alpha value is -3.42. The van der Waals surface area contributed by atoms with Crippen molar-refractivity contribution >= 4 is 17.9 Å². The summed E-state index contributed by atoms with van der Waals surface area (Å²) in [6.07, 6.45) is 18.0. The Morgan fingerprint density at radius 3 is 2.52 bits per heavy atom. The number of aryl methyl sites for hydroxylation is 1. The number of hydrogen-bond donors (Lipinski definition) is 1. The molecule has 1 aromatic heterocycles. The van der Waals surface area contributed by atoms with Gasteiger partial charge in [0.1, 0.15) is 11.6 Å². The van der Waals surface area contributed by atoms with E-state index < -0.39 is 0 Å². The Morgan fingerprint density at radius 1 is 1.07 bits per heavy atom. The van der Waals surface area contributed by atoms with E-state index in [0.29, 0.717) is 13.0 Å². The number of halogens is 1. The van der Waals surface area contributed by atoms with E-state index in [2.05, 4.69) is 42.3 Å². The summed E-state index contributed by atoms with van der Waals surface area (Å²) in [6, 6.07) is 16.5. The van der Waals surface area contributed by atoms with Crippen LogP contribution in [0.3, 0.4) is 0 Å². The predicted octanol–water partition coefficient (Wildman–Crippen LogP) is 7.84. The highest BCUT2D eigenvalue weighted by atomic mass is 32.2. The van der Waals surface area contributed by atoms with Crippen molar-refractivity contribution in [3.05, 3.63) is 119 Å². The van der Waals surface area contributed by atoms with E-state index in [-0.39, 0.29) is 17.6 Å². The van der Waals surface area contributed by atoms with E-state index in [1.54, 1.807) is 18.3 Å². The molecule has 1 heterocycles. The first-order valence-electron chi connectivity index (χ1n) is 14.0. The minimum atomic E-state index is -0.245. The maximum absolute atomic E-state index is 13.6. The molecule has 2 N–H and O–H groups in total. The van der Waals surface area contributed by atoms with Gasteiger partial charge in [-0.15, -0.1) is 0 Å². The molecule has 0 radical (unpaired) electrons. The second kappa shape index (κ2) is 14.8. The number of nitrogens with two attached hydrogens (primary N) is 1. The van der Waals surface area contributed by atoms with E-state index in [0.717, 1.165) is 47.6 Å². The van der Waals surface area contributed by atoms with Crippen LogP contribution < -0.4 is 5.14 Å². The minimum Gasteiger partial charge on any atom is -0.337 e. The van der Waals surface area contributed by atoms with Crippen molar-refractivity contribution in [2.75, 3.05) is 0 Å². The Kier molecular flexibility index (Phi) is 11.0. The van der Waals surface area contributed by atoms with Crippen LogP contribution in [0.5, 0.6) is 0 Å². The normalized spacial score (nSPS) is 15.7. The monoisotopic (exact) mass is 558 g/mol. The van der Waals surface area contributed by atoms with E-state index in [1.807, 2.05) is 40.9 Å². The Bertz CT molecular complexity index is 1360. The number of carbonyl (C=O) groups excluding carboxylic acids is 1. The second-order valence-corrected chi connectivity index (χ2v) is 11.1. The number of aromatic nitrogens is 2. The number of rotatable bonds is 7. The standard InChI is InChI=1S/C27H33N3O.C6H6FNS/c1-21(22-9-5-3-6-10-22)19-27(31)30(20-26-28-17-18-29(26)2)25-15-13-23-11-7-4-8-12-24(23)14-16-25;7-5-2-1-3-6(4-5)9-8/h3,5-6,9-10,13-15,17-18,21H,4,7-8,11-12,16,19-20H2,1-2H3;1-4H,8H2/t21-;/m0./s1. The molecule has 210 valence electrons. The molecule has 0 aliphatic heterocycles. The summed E-state index contributed by atoms with van der Waals surface area (Å²) in [4.78, 5) is 20.7. The zero-order chi connectivity index (χ0) is 28.3. The highest BCUT2D eigenvalue weighted by Gasteiger charge is 2.23. The molecule has 5 rings (SSSR count). The van der Waals surface area contributed by atoms with Gasteiger partial charge in [-0.25, -0.2) is 9.37 Å². The molecule has 2 aromatic carbocycles. The summed E-state index contributed by atoms with van der Waals surface area (Å²) in [6.45, 7) is 2.64. The van der Waals surface area contributed by atoms with Gasteiger partial charge in [-0.05, 0) is 84.5 Å². The summed E-state index contributed by atoms with van der Waals surface area (Å²) in [7, 11) is 1.99. The number of imidazole rings is 1. The molecule has 1 fully saturated rings. The van der Waals surface area contributed by atoms with Crippen LogP contribution in [0.4, 0.5) is 4.39 Å². The van der Waals surface area contributed by atoms with Crippen LogP contribution in [-0.4, -0.2) is 20.4 Å². The van der Waals surface area contributed by atoms with Crippen LogP contribution >= 0.6 is 11.9 Å². The van der Waals surface area contributed by atoms with Gasteiger partial charge >= 0.3 is 0 Å². The van der Waals surface area contributed by atoms with Gasteiger partial charge in [0.15, 0.2) is 0 Å². The van der Waals surface area contributed by atoms with E-state index in [1.165, 1.54) is 48.1 Å². The third kappa shape index (κ3) is 8.29. The predicted molar refractivity (Wildman–Crippen MR) is 162 cm³/mol. The molecule has 0 bridgehead atoms. The molecule has 7 heteroatoms. The fourth-order valence-electron chi connectivity index (χ4n) is 5.10. The first-order chi connectivity index (χ1) is 19.4. The number of nitrogens with zero attached hydrogens (tertiary/aromatic N) is 3. The fraction of sp³-hybridized carbons (Fsp3) is 0.333. The van der Waals surface area contributed by atoms with Gasteiger partial charge in [0.2, 0.25) is 5.91 Å². The second-order valence-electron chi connectivity index (χ2n) is 10.4. The van der Waals surface area contributed by atoms with Gasteiger partial charge in [0.05, 0.1) is 6.54 Å². The van der Waals surface area contributed by atoms with Gasteiger partial charge in [-0.2, -0.15) is 0 Å². The lowest BCUT2D eigenvalue weighted by Crippen LogP contribution is -2.31. The lowest BCUT2D eigenvalue weighted by molar-refractivity contribution is -0.130. The van der Waals surface area contributed by atoms with Gasteiger partial charge < -0.3 is 9.47 Å². The molecule has 0 unspecified atom stereocenters. The Balaban J connectivity index is 0.000000350. The summed E-state index contributed by atoms with van der Waals surface area (Å²) in [5, 5.41) is 5.17. The van der Waals surface area contributed by atoms with Crippen LogP contribution in [0.1, 0.15) is 69.2 Å². The largest absolute Gasteiger partial charge is 0.337 e. The average molecular weight is 559 g/mol. The Morgan fingerprint density at radius 2 is 1.85 bits per heavy atom. The smallest absolute Gasteiger partial charge is 0.227 e. The first kappa shape index (κ1) is 29.6. The summed E-state index contributed by atoms with van der Waals surface area (Å²) < 4.78 is 14.3. The van der Waals surface area contributed by atoms with Crippen LogP contribution in [-0.2, 0) is 18.4 Å². The molecule has 1 atom stereocenters. The molecule has 40 heavy (non-hydrogen) atoms. The van der Waals surface area contributed by atoms with Crippen molar-refractivity contribution < 1.29 is 9.18 Å². The molecule has 0 saturated heterocycles. The van der Waals surface area contributed by atoms with Crippen LogP contribution in [0.25, 0.3) is 0 Å². The van der Waals surface area contributed by atoms with Gasteiger partial charge in [-0.1, -0.05) is 61.9 Å². The molecular formula is C33H39FN4OS. The number of amides is 1. The Labute approximate surface area is 241 Å². The number of fused-ring (bicyclic) bond motifs is 1. The number of benzene rings is 2. The SMILES string of the molecule is C[C@@H](CC(=O)N(Cc1nccn1C)C1=CC=C2CCCCCC2=CC1)c1ccccc1.NSc1cccc(F)c1.